The lowest BCUT2D eigenvalue weighted by molar-refractivity contribution is -0.313. The summed E-state index contributed by atoms with van der Waals surface area (Å²) in [7, 11) is 0. The topological polar surface area (TPSA) is 42.9 Å². The number of hydrogen-bond donors (Lipinski definition) is 0. The second-order valence-corrected chi connectivity index (χ2v) is 30.2. The van der Waals surface area contributed by atoms with Crippen molar-refractivity contribution in [3.05, 3.63) is 128 Å². The summed E-state index contributed by atoms with van der Waals surface area (Å²) in [5.41, 5.74) is 14.5. The van der Waals surface area contributed by atoms with Crippen LogP contribution in [0.15, 0.2) is 72.8 Å². The van der Waals surface area contributed by atoms with Gasteiger partial charge in [-0.1, -0.05) is 215 Å². The van der Waals surface area contributed by atoms with Gasteiger partial charge < -0.3 is 27.6 Å². The van der Waals surface area contributed by atoms with Crippen LogP contribution in [0, 0.1) is 0 Å². The summed E-state index contributed by atoms with van der Waals surface area (Å²) in [4.78, 5) is 0. The molecule has 382 valence electrons. The van der Waals surface area contributed by atoms with Crippen molar-refractivity contribution in [2.75, 3.05) is 0 Å². The largest absolute Gasteiger partial charge is 0.685 e. The summed E-state index contributed by atoms with van der Waals surface area (Å²) in [6, 6.07) is 27.7. The third kappa shape index (κ3) is 8.43. The van der Waals surface area contributed by atoms with Crippen molar-refractivity contribution in [1.29, 1.82) is 0 Å². The molecule has 9 rings (SSSR count). The monoisotopic (exact) mass is 969 g/mol. The van der Waals surface area contributed by atoms with Crippen LogP contribution in [-0.4, -0.2) is 34.8 Å². The normalized spacial score (nSPS) is 19.8. The predicted octanol–water partition coefficient (Wildman–Crippen LogP) is 14.9. The van der Waals surface area contributed by atoms with Gasteiger partial charge in [-0.05, 0) is 99.8 Å². The van der Waals surface area contributed by atoms with Gasteiger partial charge in [0.05, 0.1) is 22.6 Å². The fourth-order valence-corrected chi connectivity index (χ4v) is 11.1. The molecule has 0 bridgehead atoms. The van der Waals surface area contributed by atoms with Crippen molar-refractivity contribution in [2.45, 2.75) is 209 Å². The number of nitrogens with zero attached hydrogens (tertiary/aromatic N) is 2. The van der Waals surface area contributed by atoms with Crippen molar-refractivity contribution in [3.8, 4) is 23.0 Å². The van der Waals surface area contributed by atoms with Crippen LogP contribution in [0.2, 0.25) is 0 Å². The average molecular weight is 969 g/mol. The lowest BCUT2D eigenvalue weighted by Crippen LogP contribution is -2.68. The second kappa shape index (κ2) is 15.7. The molecule has 4 aliphatic heterocycles. The van der Waals surface area contributed by atoms with E-state index in [0.717, 1.165) is 78.7 Å². The minimum Gasteiger partial charge on any atom is -0.618 e. The van der Waals surface area contributed by atoms with Gasteiger partial charge in [-0.2, -0.15) is 0 Å². The van der Waals surface area contributed by atoms with Crippen LogP contribution in [0.5, 0.6) is 23.0 Å². The van der Waals surface area contributed by atoms with E-state index in [1.54, 1.807) is 0 Å². The Balaban J connectivity index is 1.31. The molecule has 4 aliphatic rings. The highest BCUT2D eigenvalue weighted by atomic mass is 16.6. The molecule has 0 fully saturated rings. The Morgan fingerprint density at radius 3 is 0.778 bits per heavy atom. The number of rotatable bonds is 2. The molecule has 6 nitrogen and oxygen atoms in total. The second-order valence-electron chi connectivity index (χ2n) is 30.2. The molecule has 5 aromatic rings. The molecule has 0 aliphatic carbocycles. The van der Waals surface area contributed by atoms with Crippen LogP contribution in [0.25, 0.3) is 0 Å². The van der Waals surface area contributed by atoms with Gasteiger partial charge in [-0.25, -0.2) is 0 Å². The predicted molar refractivity (Wildman–Crippen MR) is 305 cm³/mol. The van der Waals surface area contributed by atoms with Gasteiger partial charge in [-0.15, -0.1) is 0 Å². The summed E-state index contributed by atoms with van der Waals surface area (Å²) in [6.45, 7) is 50.2. The van der Waals surface area contributed by atoms with E-state index in [1.165, 1.54) is 22.3 Å². The first-order chi connectivity index (χ1) is 32.6. The van der Waals surface area contributed by atoms with Crippen LogP contribution in [-0.2, 0) is 43.3 Å². The van der Waals surface area contributed by atoms with E-state index in [9.17, 15) is 0 Å². The van der Waals surface area contributed by atoms with Crippen LogP contribution >= 0.6 is 0 Å². The quantitative estimate of drug-likeness (QED) is 0.165. The third-order valence-corrected chi connectivity index (χ3v) is 15.8. The van der Waals surface area contributed by atoms with Crippen molar-refractivity contribution >= 4 is 48.1 Å². The average Bonchev–Trinajstić information content (AvgIpc) is 3.73. The SMILES string of the molecule is CC(C)(C)c1cc2c(c(C(C)(C)C)c1)O[B@@-]1(c3ccc([B@@-]45Oc6c(cc(C(C)(C)C)cc6C(C)(C)C)C=[N+]4c4cc(C(C)(C)C)cc(C(C)(C)C)c4O5)cc3)Oc3c(cc(C(C)(C)C)cc3C(C)(C)C)[N+]1=C2. The number of hydrogen-bond acceptors (Lipinski definition) is 4. The zero-order valence-electron chi connectivity index (χ0n) is 48.8. The fraction of sp³-hybridized carbons (Fsp3) is 0.500. The van der Waals surface area contributed by atoms with Crippen molar-refractivity contribution in [1.82, 2.24) is 0 Å². The molecule has 8 heteroatoms. The van der Waals surface area contributed by atoms with Gasteiger partial charge in [-0.3, -0.25) is 0 Å². The summed E-state index contributed by atoms with van der Waals surface area (Å²) in [5.74, 6) is 3.49. The molecular weight excluding hydrogens is 882 g/mol. The zero-order chi connectivity index (χ0) is 53.3. The van der Waals surface area contributed by atoms with Gasteiger partial charge in [0.2, 0.25) is 0 Å². The summed E-state index contributed by atoms with van der Waals surface area (Å²) >= 11 is 0. The van der Waals surface area contributed by atoms with E-state index < -0.39 is 13.4 Å². The highest BCUT2D eigenvalue weighted by Crippen LogP contribution is 2.53. The third-order valence-electron chi connectivity index (χ3n) is 15.8. The Morgan fingerprint density at radius 2 is 0.528 bits per heavy atom. The number of fused-ring (bicyclic) bond motifs is 8. The lowest BCUT2D eigenvalue weighted by Gasteiger charge is -2.40. The van der Waals surface area contributed by atoms with Crippen molar-refractivity contribution < 1.29 is 27.6 Å². The van der Waals surface area contributed by atoms with Gasteiger partial charge in [0, 0.05) is 23.3 Å². The molecule has 0 aromatic heterocycles. The van der Waals surface area contributed by atoms with Gasteiger partial charge >= 0.3 is 13.4 Å². The van der Waals surface area contributed by atoms with Gasteiger partial charge in [0.15, 0.2) is 11.4 Å². The molecule has 0 radical (unpaired) electrons. The first-order valence-electron chi connectivity index (χ1n) is 26.8. The molecule has 0 saturated carbocycles. The van der Waals surface area contributed by atoms with Crippen LogP contribution in [0.1, 0.15) is 222 Å². The first-order valence-corrected chi connectivity index (χ1v) is 26.8. The summed E-state index contributed by atoms with van der Waals surface area (Å²) < 4.78 is 35.5. The molecule has 0 spiro atoms. The Labute approximate surface area is 434 Å². The van der Waals surface area contributed by atoms with Crippen LogP contribution in [0.3, 0.4) is 0 Å². The van der Waals surface area contributed by atoms with Crippen molar-refractivity contribution in [3.63, 3.8) is 0 Å². The van der Waals surface area contributed by atoms with E-state index in [0.29, 0.717) is 0 Å². The first kappa shape index (κ1) is 51.7. The minimum atomic E-state index is -2.38. The van der Waals surface area contributed by atoms with E-state index in [2.05, 4.69) is 260 Å². The maximum Gasteiger partial charge on any atom is 0.685 e. The maximum absolute atomic E-state index is 7.75. The van der Waals surface area contributed by atoms with Crippen molar-refractivity contribution in [2.24, 2.45) is 0 Å². The Bertz CT molecular complexity index is 2880. The highest BCUT2D eigenvalue weighted by molar-refractivity contribution is 6.79. The highest BCUT2D eigenvalue weighted by Gasteiger charge is 2.62. The van der Waals surface area contributed by atoms with E-state index >= 15 is 0 Å². The molecule has 0 unspecified atom stereocenters. The summed E-state index contributed by atoms with van der Waals surface area (Å²) in [5, 5.41) is 0. The smallest absolute Gasteiger partial charge is 0.618 e. The molecular formula is C64H86B2N2O4. The molecule has 72 heavy (non-hydrogen) atoms. The molecule has 0 N–H and O–H groups in total. The Kier molecular flexibility index (Phi) is 11.2. The standard InChI is InChI=1S/C64H86B2N2O4/c1-57(2,3)41-29-39-37-67-51-35-43(59(7,8)9)33-49(63(19,20)21)55(51)71-65(67,69-53(39)47(31-41)61(13,14)15)45-25-27-46(28-26-45)66-68(52-36-44(60(10,11)12)34-50(56(52)72-66)64(22,23)24)38-40-30-42(58(4,5)6)32-48(54(40)70-66)62(16,17)18/h25-38H,1-24H3/t65-,66-/m0/s1. The van der Waals surface area contributed by atoms with E-state index in [-0.39, 0.29) is 43.3 Å². The molecule has 0 saturated heterocycles. The van der Waals surface area contributed by atoms with Crippen LogP contribution < -0.4 is 29.5 Å². The van der Waals surface area contributed by atoms with E-state index in [4.69, 9.17) is 18.6 Å². The Morgan fingerprint density at radius 1 is 0.292 bits per heavy atom. The maximum atomic E-state index is 7.75. The summed E-state index contributed by atoms with van der Waals surface area (Å²) in [6.07, 6.45) is 4.64. The van der Waals surface area contributed by atoms with Crippen LogP contribution in [0.4, 0.5) is 11.4 Å². The lowest BCUT2D eigenvalue weighted by atomic mass is 9.58. The van der Waals surface area contributed by atoms with Gasteiger partial charge in [0.1, 0.15) is 23.9 Å². The fourth-order valence-electron chi connectivity index (χ4n) is 11.1. The number of benzene rings is 5. The zero-order valence-corrected chi connectivity index (χ0v) is 48.8. The van der Waals surface area contributed by atoms with E-state index in [1.807, 2.05) is 0 Å². The molecule has 5 aromatic carbocycles. The van der Waals surface area contributed by atoms with Gasteiger partial charge in [0.25, 0.3) is 0 Å². The molecule has 4 heterocycles. The molecule has 2 atom stereocenters. The minimum absolute atomic E-state index is 0.0722. The Hall–Kier alpha value is -5.23. The molecule has 0 amide bonds.